The molecule has 0 bridgehead atoms. The van der Waals surface area contributed by atoms with Gasteiger partial charge in [0.1, 0.15) is 0 Å². The fourth-order valence-corrected chi connectivity index (χ4v) is 0.729. The fourth-order valence-electron chi connectivity index (χ4n) is 0.729. The summed E-state index contributed by atoms with van der Waals surface area (Å²) in [4.78, 5) is 10.6. The van der Waals surface area contributed by atoms with Gasteiger partial charge in [-0.1, -0.05) is 0 Å². The Morgan fingerprint density at radius 1 is 1.50 bits per heavy atom. The van der Waals surface area contributed by atoms with Crippen LogP contribution in [0.5, 0.6) is 0 Å². The van der Waals surface area contributed by atoms with Crippen molar-refractivity contribution in [2.24, 2.45) is 0 Å². The lowest BCUT2D eigenvalue weighted by atomic mass is 10.1. The molecule has 0 aromatic heterocycles. The van der Waals surface area contributed by atoms with Crippen LogP contribution in [-0.4, -0.2) is 19.3 Å². The summed E-state index contributed by atoms with van der Waals surface area (Å²) in [6.45, 7) is 1.01. The van der Waals surface area contributed by atoms with Crippen LogP contribution in [0.15, 0.2) is 11.1 Å². The molecule has 3 nitrogen and oxygen atoms in total. The minimum absolute atomic E-state index is 0.525. The summed E-state index contributed by atoms with van der Waals surface area (Å²) in [7, 11) is 0.984. The van der Waals surface area contributed by atoms with Crippen LogP contribution in [0.3, 0.4) is 0 Å². The highest BCUT2D eigenvalue weighted by molar-refractivity contribution is 5.73. The van der Waals surface area contributed by atoms with E-state index in [1.165, 1.54) is 6.07 Å². The molecule has 0 N–H and O–H groups in total. The van der Waals surface area contributed by atoms with Crippen LogP contribution in [0.4, 0.5) is 13.2 Å². The topological polar surface area (TPSA) is 50.1 Å². The van der Waals surface area contributed by atoms with Crippen molar-refractivity contribution in [3.05, 3.63) is 11.1 Å². The van der Waals surface area contributed by atoms with Crippen LogP contribution in [0.25, 0.3) is 0 Å². The Kier molecular flexibility index (Phi) is 4.15. The van der Waals surface area contributed by atoms with E-state index in [1.54, 1.807) is 0 Å². The van der Waals surface area contributed by atoms with Gasteiger partial charge >= 0.3 is 12.1 Å². The van der Waals surface area contributed by atoms with E-state index in [1.807, 2.05) is 0 Å². The Bertz CT molecular complexity index is 299. The van der Waals surface area contributed by atoms with Gasteiger partial charge in [0, 0.05) is 5.57 Å². The second kappa shape index (κ2) is 4.65. The number of esters is 1. The maximum absolute atomic E-state index is 12.2. The summed E-state index contributed by atoms with van der Waals surface area (Å²) in [5.74, 6) is -1.02. The van der Waals surface area contributed by atoms with Crippen LogP contribution >= 0.6 is 0 Å². The van der Waals surface area contributed by atoms with Crippen molar-refractivity contribution >= 4 is 5.97 Å². The summed E-state index contributed by atoms with van der Waals surface area (Å²) in [6, 6.07) is 1.35. The molecule has 0 saturated carbocycles. The maximum atomic E-state index is 12.2. The maximum Gasteiger partial charge on any atom is 0.414 e. The monoisotopic (exact) mass is 207 g/mol. The molecule has 14 heavy (non-hydrogen) atoms. The predicted molar refractivity (Wildman–Crippen MR) is 41.0 cm³/mol. The van der Waals surface area contributed by atoms with E-state index in [-0.39, 0.29) is 0 Å². The molecule has 0 radical (unpaired) electrons. The zero-order chi connectivity index (χ0) is 11.4. The number of carbonyl (C=O) groups is 1. The third-order valence-corrected chi connectivity index (χ3v) is 1.51. The van der Waals surface area contributed by atoms with Crippen LogP contribution in [-0.2, 0) is 9.53 Å². The van der Waals surface area contributed by atoms with Crippen molar-refractivity contribution < 1.29 is 22.7 Å². The molecule has 0 heterocycles. The lowest BCUT2D eigenvalue weighted by Gasteiger charge is -2.10. The van der Waals surface area contributed by atoms with Crippen LogP contribution < -0.4 is 0 Å². The van der Waals surface area contributed by atoms with Gasteiger partial charge in [-0.2, -0.15) is 18.4 Å². The minimum Gasteiger partial charge on any atom is -0.469 e. The van der Waals surface area contributed by atoms with E-state index in [4.69, 9.17) is 5.26 Å². The smallest absolute Gasteiger partial charge is 0.414 e. The number of hydrogen-bond donors (Lipinski definition) is 0. The molecular formula is C8H8F3NO2. The molecule has 6 heteroatoms. The average molecular weight is 207 g/mol. The summed E-state index contributed by atoms with van der Waals surface area (Å²) < 4.78 is 40.8. The molecular weight excluding hydrogens is 199 g/mol. The second-order valence-electron chi connectivity index (χ2n) is 2.47. The Morgan fingerprint density at radius 2 is 2.00 bits per heavy atom. The first-order valence-corrected chi connectivity index (χ1v) is 3.56. The van der Waals surface area contributed by atoms with Gasteiger partial charge in [0.25, 0.3) is 0 Å². The highest BCUT2D eigenvalue weighted by Gasteiger charge is 2.36. The predicted octanol–water partition coefficient (Wildman–Crippen LogP) is 1.95. The molecule has 0 fully saturated rings. The molecule has 0 aliphatic rings. The Hall–Kier alpha value is -1.51. The summed E-state index contributed by atoms with van der Waals surface area (Å²) >= 11 is 0. The van der Waals surface area contributed by atoms with E-state index in [0.717, 1.165) is 14.0 Å². The summed E-state index contributed by atoms with van der Waals surface area (Å²) in [5.41, 5.74) is -1.69. The van der Waals surface area contributed by atoms with E-state index in [2.05, 4.69) is 4.74 Å². The van der Waals surface area contributed by atoms with Crippen molar-refractivity contribution in [1.29, 1.82) is 5.26 Å². The number of methoxy groups -OCH3 is 1. The third-order valence-electron chi connectivity index (χ3n) is 1.51. The molecule has 0 aliphatic carbocycles. The highest BCUT2D eigenvalue weighted by atomic mass is 19.4. The Labute approximate surface area is 78.8 Å². The van der Waals surface area contributed by atoms with Gasteiger partial charge in [-0.15, -0.1) is 0 Å². The SMILES string of the molecule is COC(=O)C/C(=C(\C)C#N)C(F)(F)F. The van der Waals surface area contributed by atoms with Crippen molar-refractivity contribution in [2.45, 2.75) is 19.5 Å². The van der Waals surface area contributed by atoms with Crippen molar-refractivity contribution in [3.8, 4) is 6.07 Å². The van der Waals surface area contributed by atoms with Gasteiger partial charge in [0.15, 0.2) is 0 Å². The number of hydrogen-bond acceptors (Lipinski definition) is 3. The standard InChI is InChI=1S/C8H8F3NO2/c1-5(4-12)6(8(9,10)11)3-7(13)14-2/h3H2,1-2H3/b6-5-. The number of nitrogens with zero attached hydrogens (tertiary/aromatic N) is 1. The number of ether oxygens (including phenoxy) is 1. The Balaban J connectivity index is 4.98. The quantitative estimate of drug-likeness (QED) is 0.513. The molecule has 0 saturated heterocycles. The molecule has 0 spiro atoms. The van der Waals surface area contributed by atoms with Crippen LogP contribution in [0.1, 0.15) is 13.3 Å². The molecule has 0 aromatic rings. The zero-order valence-corrected chi connectivity index (χ0v) is 7.60. The minimum atomic E-state index is -4.67. The molecule has 0 aliphatic heterocycles. The molecule has 0 atom stereocenters. The van der Waals surface area contributed by atoms with Gasteiger partial charge in [-0.3, -0.25) is 4.79 Å². The number of nitriles is 1. The second-order valence-corrected chi connectivity index (χ2v) is 2.47. The summed E-state index contributed by atoms with van der Waals surface area (Å²) in [5, 5.41) is 8.29. The van der Waals surface area contributed by atoms with E-state index < -0.39 is 29.7 Å². The molecule has 0 amide bonds. The van der Waals surface area contributed by atoms with E-state index in [9.17, 15) is 18.0 Å². The first kappa shape index (κ1) is 12.5. The number of carbonyl (C=O) groups excluding carboxylic acids is 1. The highest BCUT2D eigenvalue weighted by Crippen LogP contribution is 2.30. The first-order valence-electron chi connectivity index (χ1n) is 3.56. The fraction of sp³-hybridized carbons (Fsp3) is 0.500. The molecule has 0 rings (SSSR count). The number of allylic oxidation sites excluding steroid dienone is 1. The number of halogens is 3. The van der Waals surface area contributed by atoms with Crippen molar-refractivity contribution in [1.82, 2.24) is 0 Å². The molecule has 0 aromatic carbocycles. The number of rotatable bonds is 2. The Morgan fingerprint density at radius 3 is 2.29 bits per heavy atom. The van der Waals surface area contributed by atoms with Crippen LogP contribution in [0.2, 0.25) is 0 Å². The first-order chi connectivity index (χ1) is 6.32. The van der Waals surface area contributed by atoms with Gasteiger partial charge in [0.2, 0.25) is 0 Å². The van der Waals surface area contributed by atoms with Gasteiger partial charge < -0.3 is 4.74 Å². The number of alkyl halides is 3. The lowest BCUT2D eigenvalue weighted by molar-refractivity contribution is -0.143. The summed E-state index contributed by atoms with van der Waals surface area (Å²) in [6.07, 6.45) is -5.60. The lowest BCUT2D eigenvalue weighted by Crippen LogP contribution is -2.17. The van der Waals surface area contributed by atoms with Crippen LogP contribution in [0, 0.1) is 11.3 Å². The normalized spacial score (nSPS) is 12.9. The van der Waals surface area contributed by atoms with E-state index in [0.29, 0.717) is 0 Å². The van der Waals surface area contributed by atoms with E-state index >= 15 is 0 Å². The van der Waals surface area contributed by atoms with Gasteiger partial charge in [0.05, 0.1) is 25.2 Å². The van der Waals surface area contributed by atoms with Crippen molar-refractivity contribution in [2.75, 3.05) is 7.11 Å². The zero-order valence-electron chi connectivity index (χ0n) is 7.60. The largest absolute Gasteiger partial charge is 0.469 e. The van der Waals surface area contributed by atoms with Gasteiger partial charge in [-0.25, -0.2) is 0 Å². The third kappa shape index (κ3) is 3.47. The van der Waals surface area contributed by atoms with Crippen molar-refractivity contribution in [3.63, 3.8) is 0 Å². The molecule has 0 unspecified atom stereocenters. The molecule has 78 valence electrons. The van der Waals surface area contributed by atoms with Gasteiger partial charge in [-0.05, 0) is 6.92 Å². The average Bonchev–Trinajstić information content (AvgIpc) is 2.10.